The van der Waals surface area contributed by atoms with E-state index in [4.69, 9.17) is 0 Å². The lowest BCUT2D eigenvalue weighted by atomic mass is 10.2. The van der Waals surface area contributed by atoms with Gasteiger partial charge in [-0.15, -0.1) is 11.8 Å². The van der Waals surface area contributed by atoms with E-state index in [0.29, 0.717) is 0 Å². The van der Waals surface area contributed by atoms with Crippen molar-refractivity contribution in [2.24, 2.45) is 0 Å². The summed E-state index contributed by atoms with van der Waals surface area (Å²) in [6.45, 7) is 3.88. The zero-order chi connectivity index (χ0) is 17.5. The van der Waals surface area contributed by atoms with E-state index in [-0.39, 0.29) is 23.6 Å². The van der Waals surface area contributed by atoms with Gasteiger partial charge in [0.1, 0.15) is 0 Å². The minimum atomic E-state index is -0.246. The van der Waals surface area contributed by atoms with Crippen LogP contribution in [-0.4, -0.2) is 35.6 Å². The fourth-order valence-electron chi connectivity index (χ4n) is 2.19. The van der Waals surface area contributed by atoms with Crippen molar-refractivity contribution in [3.05, 3.63) is 60.2 Å². The number of hydrogen-bond donors (Lipinski definition) is 1. The first-order valence-electron chi connectivity index (χ1n) is 7.79. The molecule has 2 aromatic rings. The van der Waals surface area contributed by atoms with Gasteiger partial charge >= 0.3 is 0 Å². The summed E-state index contributed by atoms with van der Waals surface area (Å²) in [5.74, 6) is -0.269. The topological polar surface area (TPSA) is 49.4 Å². The van der Waals surface area contributed by atoms with Crippen molar-refractivity contribution >= 4 is 29.3 Å². The summed E-state index contributed by atoms with van der Waals surface area (Å²) in [4.78, 5) is 27.0. The van der Waals surface area contributed by atoms with Crippen molar-refractivity contribution in [1.82, 2.24) is 4.90 Å². The standard InChI is InChI=1S/C19H22N2O2S/c1-14-9-11-16(12-10-14)20-18(22)13-21(3)19(23)15(2)24-17-7-5-4-6-8-17/h4-12,15H,13H2,1-3H3,(H,20,22). The third-order valence-electron chi connectivity index (χ3n) is 3.50. The first kappa shape index (κ1) is 18.1. The van der Waals surface area contributed by atoms with Crippen molar-refractivity contribution < 1.29 is 9.59 Å². The largest absolute Gasteiger partial charge is 0.335 e. The van der Waals surface area contributed by atoms with E-state index >= 15 is 0 Å². The highest BCUT2D eigenvalue weighted by molar-refractivity contribution is 8.00. The number of hydrogen-bond acceptors (Lipinski definition) is 3. The summed E-state index contributed by atoms with van der Waals surface area (Å²) < 4.78 is 0. The van der Waals surface area contributed by atoms with Crippen LogP contribution in [-0.2, 0) is 9.59 Å². The maximum atomic E-state index is 12.4. The Morgan fingerprint density at radius 3 is 2.33 bits per heavy atom. The molecule has 0 spiro atoms. The molecule has 0 bridgehead atoms. The third-order valence-corrected chi connectivity index (χ3v) is 4.60. The molecule has 0 aliphatic rings. The second kappa shape index (κ2) is 8.55. The Morgan fingerprint density at radius 1 is 1.08 bits per heavy atom. The number of nitrogens with one attached hydrogen (secondary N) is 1. The van der Waals surface area contributed by atoms with Gasteiger partial charge in [-0.05, 0) is 38.1 Å². The predicted octanol–water partition coefficient (Wildman–Crippen LogP) is 3.57. The minimum Gasteiger partial charge on any atom is -0.335 e. The second-order valence-corrected chi connectivity index (χ2v) is 7.10. The van der Waals surface area contributed by atoms with Crippen molar-refractivity contribution in [3.8, 4) is 0 Å². The summed E-state index contributed by atoms with van der Waals surface area (Å²) in [6.07, 6.45) is 0. The zero-order valence-corrected chi connectivity index (χ0v) is 15.0. The van der Waals surface area contributed by atoms with Crippen LogP contribution in [0, 0.1) is 6.92 Å². The van der Waals surface area contributed by atoms with Crippen LogP contribution in [0.5, 0.6) is 0 Å². The molecular weight excluding hydrogens is 320 g/mol. The van der Waals surface area contributed by atoms with Gasteiger partial charge in [0.05, 0.1) is 11.8 Å². The van der Waals surface area contributed by atoms with E-state index in [1.54, 1.807) is 7.05 Å². The van der Waals surface area contributed by atoms with Crippen LogP contribution in [0.25, 0.3) is 0 Å². The van der Waals surface area contributed by atoms with E-state index in [2.05, 4.69) is 5.32 Å². The molecule has 1 unspecified atom stereocenters. The Labute approximate surface area is 147 Å². The number of benzene rings is 2. The van der Waals surface area contributed by atoms with Gasteiger partial charge < -0.3 is 10.2 Å². The molecule has 4 nitrogen and oxygen atoms in total. The van der Waals surface area contributed by atoms with Crippen LogP contribution in [0.2, 0.25) is 0 Å². The van der Waals surface area contributed by atoms with E-state index in [9.17, 15) is 9.59 Å². The Balaban J connectivity index is 1.86. The molecule has 0 fully saturated rings. The summed E-state index contributed by atoms with van der Waals surface area (Å²) in [5, 5.41) is 2.56. The fourth-order valence-corrected chi connectivity index (χ4v) is 3.20. The Kier molecular flexibility index (Phi) is 6.44. The van der Waals surface area contributed by atoms with Crippen LogP contribution < -0.4 is 5.32 Å². The maximum Gasteiger partial charge on any atom is 0.243 e. The molecule has 2 aromatic carbocycles. The number of carbonyl (C=O) groups excluding carboxylic acids is 2. The average molecular weight is 342 g/mol. The predicted molar refractivity (Wildman–Crippen MR) is 99.2 cm³/mol. The molecule has 2 amide bonds. The van der Waals surface area contributed by atoms with E-state index in [0.717, 1.165) is 16.1 Å². The first-order chi connectivity index (χ1) is 11.5. The molecule has 0 aliphatic heterocycles. The normalized spacial score (nSPS) is 11.6. The van der Waals surface area contributed by atoms with Gasteiger partial charge in [0, 0.05) is 17.6 Å². The van der Waals surface area contributed by atoms with E-state index in [1.165, 1.54) is 16.7 Å². The third kappa shape index (κ3) is 5.42. The van der Waals surface area contributed by atoms with Gasteiger partial charge in [0.25, 0.3) is 0 Å². The van der Waals surface area contributed by atoms with Crippen LogP contribution >= 0.6 is 11.8 Å². The molecule has 0 aromatic heterocycles. The molecule has 126 valence electrons. The molecule has 0 saturated carbocycles. The number of nitrogens with zero attached hydrogens (tertiary/aromatic N) is 1. The Hall–Kier alpha value is -2.27. The molecule has 1 N–H and O–H groups in total. The fraction of sp³-hybridized carbons (Fsp3) is 0.263. The second-order valence-electron chi connectivity index (χ2n) is 5.68. The molecule has 0 heterocycles. The lowest BCUT2D eigenvalue weighted by molar-refractivity contribution is -0.132. The molecule has 1 atom stereocenters. The summed E-state index contributed by atoms with van der Waals surface area (Å²) in [5.41, 5.74) is 1.87. The molecule has 0 radical (unpaired) electrons. The molecular formula is C19H22N2O2S. The molecule has 0 aliphatic carbocycles. The van der Waals surface area contributed by atoms with Crippen molar-refractivity contribution in [2.75, 3.05) is 18.9 Å². The van der Waals surface area contributed by atoms with Gasteiger partial charge in [-0.3, -0.25) is 9.59 Å². The number of thioether (sulfide) groups is 1. The minimum absolute atomic E-state index is 0.0341. The average Bonchev–Trinajstić information content (AvgIpc) is 2.57. The lowest BCUT2D eigenvalue weighted by Crippen LogP contribution is -2.38. The number of aryl methyl sites for hydroxylation is 1. The maximum absolute atomic E-state index is 12.4. The SMILES string of the molecule is Cc1ccc(NC(=O)CN(C)C(=O)C(C)Sc2ccccc2)cc1. The monoisotopic (exact) mass is 342 g/mol. The lowest BCUT2D eigenvalue weighted by Gasteiger charge is -2.20. The smallest absolute Gasteiger partial charge is 0.243 e. The number of carbonyl (C=O) groups is 2. The van der Waals surface area contributed by atoms with Crippen LogP contribution in [0.15, 0.2) is 59.5 Å². The highest BCUT2D eigenvalue weighted by Gasteiger charge is 2.20. The van der Waals surface area contributed by atoms with Gasteiger partial charge in [-0.25, -0.2) is 0 Å². The summed E-state index contributed by atoms with van der Waals surface area (Å²) in [7, 11) is 1.65. The number of amides is 2. The zero-order valence-electron chi connectivity index (χ0n) is 14.2. The van der Waals surface area contributed by atoms with Crippen molar-refractivity contribution in [3.63, 3.8) is 0 Å². The quantitative estimate of drug-likeness (QED) is 0.817. The van der Waals surface area contributed by atoms with Gasteiger partial charge in [-0.1, -0.05) is 35.9 Å². The van der Waals surface area contributed by atoms with Crippen molar-refractivity contribution in [1.29, 1.82) is 0 Å². The molecule has 5 heteroatoms. The van der Waals surface area contributed by atoms with Crippen LogP contribution in [0.1, 0.15) is 12.5 Å². The van der Waals surface area contributed by atoms with Crippen LogP contribution in [0.4, 0.5) is 5.69 Å². The number of rotatable bonds is 6. The highest BCUT2D eigenvalue weighted by atomic mass is 32.2. The van der Waals surface area contributed by atoms with Crippen LogP contribution in [0.3, 0.4) is 0 Å². The van der Waals surface area contributed by atoms with E-state index < -0.39 is 0 Å². The Bertz CT molecular complexity index is 686. The number of likely N-dealkylation sites (N-methyl/N-ethyl adjacent to an activating group) is 1. The Morgan fingerprint density at radius 2 is 1.71 bits per heavy atom. The first-order valence-corrected chi connectivity index (χ1v) is 8.67. The van der Waals surface area contributed by atoms with E-state index in [1.807, 2.05) is 68.4 Å². The highest BCUT2D eigenvalue weighted by Crippen LogP contribution is 2.23. The molecule has 24 heavy (non-hydrogen) atoms. The van der Waals surface area contributed by atoms with Gasteiger partial charge in [0.15, 0.2) is 0 Å². The summed E-state index contributed by atoms with van der Waals surface area (Å²) in [6, 6.07) is 17.3. The van der Waals surface area contributed by atoms with Gasteiger partial charge in [-0.2, -0.15) is 0 Å². The van der Waals surface area contributed by atoms with Gasteiger partial charge in [0.2, 0.25) is 11.8 Å². The van der Waals surface area contributed by atoms with Crippen molar-refractivity contribution in [2.45, 2.75) is 24.0 Å². The number of anilines is 1. The molecule has 0 saturated heterocycles. The summed E-state index contributed by atoms with van der Waals surface area (Å²) >= 11 is 1.49. The molecule has 2 rings (SSSR count).